The van der Waals surface area contributed by atoms with Gasteiger partial charge in [-0.2, -0.15) is 5.10 Å². The monoisotopic (exact) mass is 280 g/mol. The highest BCUT2D eigenvalue weighted by molar-refractivity contribution is 6.00. The van der Waals surface area contributed by atoms with Gasteiger partial charge in [-0.15, -0.1) is 0 Å². The maximum absolute atomic E-state index is 12.6. The average Bonchev–Trinajstić information content (AvgIpc) is 2.90. The SMILES string of the molecule is COc1cnn(C(C)C)c1C(=O)C(O)C1CCCCC1. The first kappa shape index (κ1) is 15.0. The van der Waals surface area contributed by atoms with Gasteiger partial charge < -0.3 is 9.84 Å². The summed E-state index contributed by atoms with van der Waals surface area (Å²) in [5, 5.41) is 14.6. The Bertz CT molecular complexity index is 462. The molecule has 1 aromatic rings. The molecule has 0 spiro atoms. The lowest BCUT2D eigenvalue weighted by molar-refractivity contribution is 0.0519. The molecular formula is C15H24N2O3. The molecule has 1 fully saturated rings. The predicted molar refractivity (Wildman–Crippen MR) is 76.1 cm³/mol. The van der Waals surface area contributed by atoms with Crippen molar-refractivity contribution in [1.82, 2.24) is 9.78 Å². The Balaban J connectivity index is 2.25. The molecular weight excluding hydrogens is 256 g/mol. The van der Waals surface area contributed by atoms with Crippen LogP contribution in [0.1, 0.15) is 62.5 Å². The number of Topliss-reactive ketones (excluding diaryl/α,β-unsaturated/α-hetero) is 1. The molecule has 1 atom stereocenters. The van der Waals surface area contributed by atoms with Crippen LogP contribution in [0.4, 0.5) is 0 Å². The highest BCUT2D eigenvalue weighted by Gasteiger charge is 2.32. The Hall–Kier alpha value is -1.36. The molecule has 5 nitrogen and oxygen atoms in total. The second kappa shape index (κ2) is 6.39. The molecule has 1 aliphatic carbocycles. The van der Waals surface area contributed by atoms with E-state index in [0.717, 1.165) is 25.7 Å². The Kier molecular flexibility index (Phi) is 4.81. The summed E-state index contributed by atoms with van der Waals surface area (Å²) in [6, 6.07) is 0.0522. The zero-order chi connectivity index (χ0) is 14.7. The summed E-state index contributed by atoms with van der Waals surface area (Å²) in [5.41, 5.74) is 0.389. The quantitative estimate of drug-likeness (QED) is 0.842. The van der Waals surface area contributed by atoms with E-state index in [4.69, 9.17) is 4.74 Å². The van der Waals surface area contributed by atoms with E-state index in [0.29, 0.717) is 11.4 Å². The van der Waals surface area contributed by atoms with Crippen LogP contribution in [0.2, 0.25) is 0 Å². The van der Waals surface area contributed by atoms with Crippen LogP contribution >= 0.6 is 0 Å². The third-order valence-electron chi connectivity index (χ3n) is 4.07. The summed E-state index contributed by atoms with van der Waals surface area (Å²) in [4.78, 5) is 12.6. The molecule has 1 heterocycles. The van der Waals surface area contributed by atoms with E-state index < -0.39 is 6.10 Å². The van der Waals surface area contributed by atoms with E-state index in [1.165, 1.54) is 13.5 Å². The summed E-state index contributed by atoms with van der Waals surface area (Å²) in [6.45, 7) is 3.91. The van der Waals surface area contributed by atoms with Gasteiger partial charge in [-0.3, -0.25) is 9.48 Å². The van der Waals surface area contributed by atoms with Gasteiger partial charge in [0.15, 0.2) is 5.75 Å². The number of rotatable bonds is 5. The smallest absolute Gasteiger partial charge is 0.213 e. The second-order valence-electron chi connectivity index (χ2n) is 5.81. The second-order valence-corrected chi connectivity index (χ2v) is 5.81. The van der Waals surface area contributed by atoms with Crippen molar-refractivity contribution in [2.24, 2.45) is 5.92 Å². The van der Waals surface area contributed by atoms with E-state index in [-0.39, 0.29) is 17.7 Å². The van der Waals surface area contributed by atoms with E-state index in [2.05, 4.69) is 5.10 Å². The Morgan fingerprint density at radius 3 is 2.60 bits per heavy atom. The van der Waals surface area contributed by atoms with Gasteiger partial charge in [0.25, 0.3) is 0 Å². The van der Waals surface area contributed by atoms with Gasteiger partial charge in [0.2, 0.25) is 5.78 Å². The molecule has 5 heteroatoms. The van der Waals surface area contributed by atoms with Crippen molar-refractivity contribution in [3.8, 4) is 5.75 Å². The predicted octanol–water partition coefficient (Wildman–Crippen LogP) is 2.60. The molecule has 0 amide bonds. The van der Waals surface area contributed by atoms with Gasteiger partial charge in [0, 0.05) is 6.04 Å². The number of aliphatic hydroxyl groups excluding tert-OH is 1. The number of carbonyl (C=O) groups is 1. The maximum atomic E-state index is 12.6. The van der Waals surface area contributed by atoms with Gasteiger partial charge >= 0.3 is 0 Å². The van der Waals surface area contributed by atoms with Gasteiger partial charge in [-0.05, 0) is 32.6 Å². The van der Waals surface area contributed by atoms with Crippen LogP contribution < -0.4 is 4.74 Å². The number of hydrogen-bond donors (Lipinski definition) is 1. The summed E-state index contributed by atoms with van der Waals surface area (Å²) in [6.07, 6.45) is 5.82. The lowest BCUT2D eigenvalue weighted by Crippen LogP contribution is -2.33. The fourth-order valence-corrected chi connectivity index (χ4v) is 2.93. The zero-order valence-electron chi connectivity index (χ0n) is 12.5. The topological polar surface area (TPSA) is 64.4 Å². The zero-order valence-corrected chi connectivity index (χ0v) is 12.5. The third-order valence-corrected chi connectivity index (χ3v) is 4.07. The summed E-state index contributed by atoms with van der Waals surface area (Å²) in [7, 11) is 1.52. The molecule has 1 unspecified atom stereocenters. The lowest BCUT2D eigenvalue weighted by atomic mass is 9.83. The van der Waals surface area contributed by atoms with Crippen LogP contribution in [0.25, 0.3) is 0 Å². The normalized spacial score (nSPS) is 18.2. The lowest BCUT2D eigenvalue weighted by Gasteiger charge is -2.26. The maximum Gasteiger partial charge on any atom is 0.213 e. The number of ketones is 1. The molecule has 1 aliphatic rings. The number of carbonyl (C=O) groups excluding carboxylic acids is 1. The molecule has 0 saturated heterocycles. The van der Waals surface area contributed by atoms with Crippen LogP contribution in [-0.2, 0) is 0 Å². The number of methoxy groups -OCH3 is 1. The molecule has 20 heavy (non-hydrogen) atoms. The van der Waals surface area contributed by atoms with Crippen LogP contribution in [0.15, 0.2) is 6.20 Å². The molecule has 0 aliphatic heterocycles. The van der Waals surface area contributed by atoms with Crippen molar-refractivity contribution in [3.05, 3.63) is 11.9 Å². The Morgan fingerprint density at radius 2 is 2.05 bits per heavy atom. The summed E-state index contributed by atoms with van der Waals surface area (Å²) in [5.74, 6) is 0.245. The summed E-state index contributed by atoms with van der Waals surface area (Å²) >= 11 is 0. The summed E-state index contributed by atoms with van der Waals surface area (Å²) < 4.78 is 6.85. The number of ether oxygens (including phenoxy) is 1. The van der Waals surface area contributed by atoms with E-state index in [1.54, 1.807) is 10.9 Å². The molecule has 1 N–H and O–H groups in total. The van der Waals surface area contributed by atoms with Crippen LogP contribution in [0.5, 0.6) is 5.75 Å². The Morgan fingerprint density at radius 1 is 1.40 bits per heavy atom. The molecule has 112 valence electrons. The van der Waals surface area contributed by atoms with Crippen LogP contribution in [-0.4, -0.2) is 33.9 Å². The first-order chi connectivity index (χ1) is 9.56. The van der Waals surface area contributed by atoms with Crippen molar-refractivity contribution < 1.29 is 14.6 Å². The van der Waals surface area contributed by atoms with Crippen molar-refractivity contribution in [1.29, 1.82) is 0 Å². The van der Waals surface area contributed by atoms with E-state index in [1.807, 2.05) is 13.8 Å². The molecule has 0 bridgehead atoms. The molecule has 0 radical (unpaired) electrons. The standard InChI is InChI=1S/C15H24N2O3/c1-10(2)17-13(12(20-3)9-16-17)15(19)14(18)11-7-5-4-6-8-11/h9-11,14,18H,4-8H2,1-3H3. The van der Waals surface area contributed by atoms with Crippen LogP contribution in [0, 0.1) is 5.92 Å². The van der Waals surface area contributed by atoms with Crippen molar-refractivity contribution >= 4 is 5.78 Å². The highest BCUT2D eigenvalue weighted by Crippen LogP contribution is 2.30. The number of nitrogens with zero attached hydrogens (tertiary/aromatic N) is 2. The number of aromatic nitrogens is 2. The fraction of sp³-hybridized carbons (Fsp3) is 0.733. The average molecular weight is 280 g/mol. The fourth-order valence-electron chi connectivity index (χ4n) is 2.93. The minimum atomic E-state index is -0.946. The Labute approximate surface area is 119 Å². The van der Waals surface area contributed by atoms with Gasteiger partial charge in [0.1, 0.15) is 11.8 Å². The van der Waals surface area contributed by atoms with Crippen LogP contribution in [0.3, 0.4) is 0 Å². The van der Waals surface area contributed by atoms with Gasteiger partial charge in [-0.1, -0.05) is 19.3 Å². The number of hydrogen-bond acceptors (Lipinski definition) is 4. The van der Waals surface area contributed by atoms with Crippen molar-refractivity contribution in [2.75, 3.05) is 7.11 Å². The largest absolute Gasteiger partial charge is 0.493 e. The van der Waals surface area contributed by atoms with E-state index >= 15 is 0 Å². The molecule has 1 saturated carbocycles. The first-order valence-electron chi connectivity index (χ1n) is 7.40. The molecule has 2 rings (SSSR count). The minimum Gasteiger partial charge on any atom is -0.493 e. The van der Waals surface area contributed by atoms with E-state index in [9.17, 15) is 9.90 Å². The highest BCUT2D eigenvalue weighted by atomic mass is 16.5. The first-order valence-corrected chi connectivity index (χ1v) is 7.40. The molecule has 0 aromatic carbocycles. The molecule has 1 aromatic heterocycles. The van der Waals surface area contributed by atoms with Crippen molar-refractivity contribution in [2.45, 2.75) is 58.1 Å². The van der Waals surface area contributed by atoms with Gasteiger partial charge in [0.05, 0.1) is 13.3 Å². The van der Waals surface area contributed by atoms with Gasteiger partial charge in [-0.25, -0.2) is 0 Å². The third kappa shape index (κ3) is 2.87. The van der Waals surface area contributed by atoms with Crippen molar-refractivity contribution in [3.63, 3.8) is 0 Å². The minimum absolute atomic E-state index is 0.0522. The number of aliphatic hydroxyl groups is 1.